The molecule has 2 aromatic rings. The van der Waals surface area contributed by atoms with Crippen LogP contribution in [0.15, 0.2) is 23.2 Å². The van der Waals surface area contributed by atoms with E-state index in [4.69, 9.17) is 33.9 Å². The Balaban J connectivity index is 2.71. The van der Waals surface area contributed by atoms with Crippen LogP contribution >= 0.6 is 33.9 Å². The Kier molecular flexibility index (Phi) is 3.55. The molecule has 9 heteroatoms. The van der Waals surface area contributed by atoms with Gasteiger partial charge in [-0.1, -0.05) is 23.2 Å². The second-order valence-electron chi connectivity index (χ2n) is 3.29. The second kappa shape index (κ2) is 4.70. The Bertz CT molecular complexity index is 715. The third-order valence-corrected chi connectivity index (χ3v) is 4.08. The molecule has 18 heavy (non-hydrogen) atoms. The van der Waals surface area contributed by atoms with E-state index < -0.39 is 14.9 Å². The largest absolute Gasteiger partial charge is 0.276 e. The first-order valence-electron chi connectivity index (χ1n) is 4.43. The molecule has 0 aliphatic heterocycles. The first-order valence-corrected chi connectivity index (χ1v) is 7.50. The van der Waals surface area contributed by atoms with Crippen molar-refractivity contribution in [3.05, 3.63) is 34.2 Å². The van der Waals surface area contributed by atoms with Gasteiger partial charge in [-0.15, -0.1) is 0 Å². The molecular formula is C9H4Cl3FN2O2S. The molecule has 4 nitrogen and oxygen atoms in total. The van der Waals surface area contributed by atoms with Crippen LogP contribution in [0.5, 0.6) is 0 Å². The van der Waals surface area contributed by atoms with Gasteiger partial charge in [0, 0.05) is 16.2 Å². The summed E-state index contributed by atoms with van der Waals surface area (Å²) in [5.74, 6) is -0.733. The van der Waals surface area contributed by atoms with Crippen LogP contribution in [0.25, 0.3) is 11.3 Å². The molecular weight excluding hydrogens is 326 g/mol. The van der Waals surface area contributed by atoms with Gasteiger partial charge >= 0.3 is 0 Å². The monoisotopic (exact) mass is 328 g/mol. The molecule has 2 rings (SSSR count). The van der Waals surface area contributed by atoms with Gasteiger partial charge in [-0.05, 0) is 12.1 Å². The molecule has 0 spiro atoms. The zero-order valence-electron chi connectivity index (χ0n) is 8.42. The highest BCUT2D eigenvalue weighted by molar-refractivity contribution is 8.13. The number of aromatic amines is 1. The van der Waals surface area contributed by atoms with Crippen molar-refractivity contribution < 1.29 is 12.8 Å². The van der Waals surface area contributed by atoms with Crippen LogP contribution in [0.1, 0.15) is 0 Å². The fourth-order valence-corrected chi connectivity index (χ4v) is 2.77. The number of nitrogens with one attached hydrogen (secondary N) is 1. The first-order chi connectivity index (χ1) is 8.30. The van der Waals surface area contributed by atoms with Crippen LogP contribution in [-0.4, -0.2) is 18.6 Å². The van der Waals surface area contributed by atoms with Crippen LogP contribution in [0, 0.1) is 5.82 Å². The minimum Gasteiger partial charge on any atom is -0.276 e. The van der Waals surface area contributed by atoms with Gasteiger partial charge in [0.2, 0.25) is 0 Å². The van der Waals surface area contributed by atoms with Crippen molar-refractivity contribution in [1.82, 2.24) is 10.2 Å². The summed E-state index contributed by atoms with van der Waals surface area (Å²) in [6.07, 6.45) is 1.01. The molecule has 0 amide bonds. The lowest BCUT2D eigenvalue weighted by Gasteiger charge is -2.05. The molecule has 0 saturated heterocycles. The van der Waals surface area contributed by atoms with E-state index in [1.54, 1.807) is 0 Å². The van der Waals surface area contributed by atoms with Crippen LogP contribution < -0.4 is 0 Å². The molecule has 0 unspecified atom stereocenters. The Morgan fingerprint density at radius 1 is 1.22 bits per heavy atom. The van der Waals surface area contributed by atoms with Crippen molar-refractivity contribution in [2.75, 3.05) is 0 Å². The highest BCUT2D eigenvalue weighted by Gasteiger charge is 2.21. The van der Waals surface area contributed by atoms with Gasteiger partial charge in [0.1, 0.15) is 10.7 Å². The van der Waals surface area contributed by atoms with Crippen molar-refractivity contribution in [1.29, 1.82) is 0 Å². The van der Waals surface area contributed by atoms with E-state index in [9.17, 15) is 12.8 Å². The molecule has 0 fully saturated rings. The van der Waals surface area contributed by atoms with Crippen LogP contribution in [0.4, 0.5) is 4.39 Å². The molecule has 0 saturated carbocycles. The molecule has 96 valence electrons. The van der Waals surface area contributed by atoms with E-state index in [2.05, 4.69) is 10.2 Å². The normalized spacial score (nSPS) is 11.8. The Hall–Kier alpha value is -0.820. The fraction of sp³-hybridized carbons (Fsp3) is 0. The number of hydrogen-bond donors (Lipinski definition) is 1. The lowest BCUT2D eigenvalue weighted by molar-refractivity contribution is 0.609. The highest BCUT2D eigenvalue weighted by atomic mass is 35.7. The standard InChI is InChI=1S/C9H4Cl3FN2O2S/c10-5-2-6(11)7(13)1-4(5)9-8(3-14-15-9)18(12,16)17/h1-3H,(H,14,15). The Morgan fingerprint density at radius 3 is 2.50 bits per heavy atom. The molecule has 0 bridgehead atoms. The smallest absolute Gasteiger partial charge is 0.265 e. The number of hydrogen-bond acceptors (Lipinski definition) is 3. The fourth-order valence-electron chi connectivity index (χ4n) is 1.37. The summed E-state index contributed by atoms with van der Waals surface area (Å²) in [4.78, 5) is -0.284. The van der Waals surface area contributed by atoms with E-state index in [1.807, 2.05) is 0 Å². The third-order valence-electron chi connectivity index (χ3n) is 2.15. The predicted molar refractivity (Wildman–Crippen MR) is 67.0 cm³/mol. The number of rotatable bonds is 2. The van der Waals surface area contributed by atoms with Gasteiger partial charge in [-0.25, -0.2) is 12.8 Å². The zero-order chi connectivity index (χ0) is 13.5. The molecule has 0 aliphatic carbocycles. The maximum absolute atomic E-state index is 13.4. The lowest BCUT2D eigenvalue weighted by Crippen LogP contribution is -1.93. The summed E-state index contributed by atoms with van der Waals surface area (Å²) in [6, 6.07) is 2.17. The lowest BCUT2D eigenvalue weighted by atomic mass is 10.1. The van der Waals surface area contributed by atoms with Gasteiger partial charge in [-0.2, -0.15) is 5.10 Å². The summed E-state index contributed by atoms with van der Waals surface area (Å²) >= 11 is 11.4. The Labute approximate surface area is 116 Å². The van der Waals surface area contributed by atoms with E-state index in [-0.39, 0.29) is 26.2 Å². The van der Waals surface area contributed by atoms with Crippen LogP contribution in [-0.2, 0) is 9.05 Å². The highest BCUT2D eigenvalue weighted by Crippen LogP contribution is 2.35. The van der Waals surface area contributed by atoms with E-state index in [1.165, 1.54) is 6.07 Å². The number of benzene rings is 1. The van der Waals surface area contributed by atoms with Crippen LogP contribution in [0.3, 0.4) is 0 Å². The van der Waals surface area contributed by atoms with E-state index >= 15 is 0 Å². The number of aromatic nitrogens is 2. The molecule has 0 atom stereocenters. The first kappa shape index (κ1) is 13.6. The summed E-state index contributed by atoms with van der Waals surface area (Å²) in [6.45, 7) is 0. The van der Waals surface area contributed by atoms with Crippen molar-refractivity contribution in [3.63, 3.8) is 0 Å². The number of H-pyrrole nitrogens is 1. The van der Waals surface area contributed by atoms with Gasteiger partial charge in [0.25, 0.3) is 9.05 Å². The maximum Gasteiger partial charge on any atom is 0.265 e. The van der Waals surface area contributed by atoms with Gasteiger partial charge in [0.05, 0.1) is 21.9 Å². The van der Waals surface area contributed by atoms with E-state index in [0.717, 1.165) is 12.3 Å². The van der Waals surface area contributed by atoms with Crippen molar-refractivity contribution in [2.24, 2.45) is 0 Å². The maximum atomic E-state index is 13.4. The topological polar surface area (TPSA) is 62.8 Å². The number of nitrogens with zero attached hydrogens (tertiary/aromatic N) is 1. The molecule has 1 aromatic heterocycles. The predicted octanol–water partition coefficient (Wildman–Crippen LogP) is 3.45. The van der Waals surface area contributed by atoms with Gasteiger partial charge < -0.3 is 0 Å². The van der Waals surface area contributed by atoms with Crippen LogP contribution in [0.2, 0.25) is 10.0 Å². The summed E-state index contributed by atoms with van der Waals surface area (Å²) < 4.78 is 36.0. The molecule has 1 aromatic carbocycles. The van der Waals surface area contributed by atoms with Crippen molar-refractivity contribution in [3.8, 4) is 11.3 Å². The molecule has 1 N–H and O–H groups in total. The second-order valence-corrected chi connectivity index (χ2v) is 6.64. The van der Waals surface area contributed by atoms with Gasteiger partial charge in [-0.3, -0.25) is 5.10 Å². The quantitative estimate of drug-likeness (QED) is 0.678. The Morgan fingerprint density at radius 2 is 1.89 bits per heavy atom. The summed E-state index contributed by atoms with van der Waals surface area (Å²) in [5.41, 5.74) is 0.112. The zero-order valence-corrected chi connectivity index (χ0v) is 11.5. The summed E-state index contributed by atoms with van der Waals surface area (Å²) in [5, 5.41) is 5.87. The average molecular weight is 330 g/mol. The average Bonchev–Trinajstić information content (AvgIpc) is 2.71. The van der Waals surface area contributed by atoms with Crippen molar-refractivity contribution >= 4 is 42.9 Å². The van der Waals surface area contributed by atoms with Crippen molar-refractivity contribution in [2.45, 2.75) is 4.90 Å². The van der Waals surface area contributed by atoms with E-state index in [0.29, 0.717) is 0 Å². The minimum absolute atomic E-state index is 0.00515. The molecule has 1 heterocycles. The SMILES string of the molecule is O=S(=O)(Cl)c1cn[nH]c1-c1cc(F)c(Cl)cc1Cl. The van der Waals surface area contributed by atoms with Gasteiger partial charge in [0.15, 0.2) is 0 Å². The number of halogens is 4. The minimum atomic E-state index is -4.01. The molecule has 0 aliphatic rings. The summed E-state index contributed by atoms with van der Waals surface area (Å²) in [7, 11) is 1.21. The third kappa shape index (κ3) is 2.47. The molecule has 0 radical (unpaired) electrons.